The maximum atomic E-state index is 13.6. The minimum absolute atomic E-state index is 0.0468. The van der Waals surface area contributed by atoms with Crippen LogP contribution in [0.15, 0.2) is 71.3 Å². The number of anilines is 1. The maximum absolute atomic E-state index is 13.6. The summed E-state index contributed by atoms with van der Waals surface area (Å²) in [6, 6.07) is 17.9. The van der Waals surface area contributed by atoms with Crippen LogP contribution in [0, 0.1) is 17.7 Å². The van der Waals surface area contributed by atoms with Crippen molar-refractivity contribution in [1.82, 2.24) is 14.9 Å². The lowest BCUT2D eigenvalue weighted by Crippen LogP contribution is -2.43. The van der Waals surface area contributed by atoms with Crippen LogP contribution in [0.3, 0.4) is 0 Å². The van der Waals surface area contributed by atoms with Crippen molar-refractivity contribution in [1.29, 1.82) is 0 Å². The third kappa shape index (κ3) is 3.30. The van der Waals surface area contributed by atoms with E-state index >= 15 is 0 Å². The van der Waals surface area contributed by atoms with Crippen LogP contribution in [-0.2, 0) is 0 Å². The highest BCUT2D eigenvalue weighted by Crippen LogP contribution is 2.50. The van der Waals surface area contributed by atoms with Gasteiger partial charge in [0.15, 0.2) is 5.58 Å². The van der Waals surface area contributed by atoms with Gasteiger partial charge in [-0.2, -0.15) is 4.98 Å². The standard InChI is InChI=1S/C25H21FN4O2/c26-17-9-7-15(8-10-17)18-4-3-11-27-23(18)24(31)30-14-16-12-19(16)21(30)13-28-25-29-20-5-1-2-6-22(20)32-25/h1-11,16,19,21H,12-14H2,(H,28,29). The van der Waals surface area contributed by atoms with Crippen molar-refractivity contribution in [3.63, 3.8) is 0 Å². The first kappa shape index (κ1) is 19.0. The Balaban J connectivity index is 1.24. The first-order chi connectivity index (χ1) is 15.7. The third-order valence-corrected chi connectivity index (χ3v) is 6.49. The third-order valence-electron chi connectivity index (χ3n) is 6.49. The SMILES string of the molecule is O=C(c1ncccc1-c1ccc(F)cc1)N1CC2CC2C1CNc1nc2ccccc2o1. The van der Waals surface area contributed by atoms with E-state index in [4.69, 9.17) is 4.42 Å². The Labute approximate surface area is 184 Å². The fourth-order valence-corrected chi connectivity index (χ4v) is 4.78. The highest BCUT2D eigenvalue weighted by atomic mass is 19.1. The monoisotopic (exact) mass is 428 g/mol. The Morgan fingerprint density at radius 1 is 1.12 bits per heavy atom. The summed E-state index contributed by atoms with van der Waals surface area (Å²) in [4.78, 5) is 24.4. The summed E-state index contributed by atoms with van der Waals surface area (Å²) in [6.07, 6.45) is 2.76. The van der Waals surface area contributed by atoms with Gasteiger partial charge in [-0.15, -0.1) is 0 Å². The van der Waals surface area contributed by atoms with Crippen molar-refractivity contribution in [2.75, 3.05) is 18.4 Å². The molecular formula is C25H21FN4O2. The highest BCUT2D eigenvalue weighted by molar-refractivity contribution is 5.99. The van der Waals surface area contributed by atoms with Gasteiger partial charge in [-0.3, -0.25) is 9.78 Å². The van der Waals surface area contributed by atoms with Crippen molar-refractivity contribution in [3.05, 3.63) is 78.4 Å². The van der Waals surface area contributed by atoms with Crippen LogP contribution in [0.1, 0.15) is 16.9 Å². The van der Waals surface area contributed by atoms with Crippen LogP contribution in [0.5, 0.6) is 0 Å². The minimum Gasteiger partial charge on any atom is -0.424 e. The molecule has 6 nitrogen and oxygen atoms in total. The summed E-state index contributed by atoms with van der Waals surface area (Å²) in [7, 11) is 0. The molecule has 32 heavy (non-hydrogen) atoms. The molecule has 1 aliphatic heterocycles. The van der Waals surface area contributed by atoms with Crippen molar-refractivity contribution in [2.24, 2.45) is 11.8 Å². The van der Waals surface area contributed by atoms with Crippen LogP contribution in [0.25, 0.3) is 22.2 Å². The number of oxazole rings is 1. The average molecular weight is 428 g/mol. The molecule has 7 heteroatoms. The van der Waals surface area contributed by atoms with E-state index < -0.39 is 0 Å². The van der Waals surface area contributed by atoms with Crippen LogP contribution in [-0.4, -0.2) is 39.9 Å². The molecule has 1 saturated heterocycles. The number of carbonyl (C=O) groups excluding carboxylic acids is 1. The number of para-hydroxylation sites is 2. The first-order valence-corrected chi connectivity index (χ1v) is 10.8. The van der Waals surface area contributed by atoms with Crippen LogP contribution in [0.2, 0.25) is 0 Å². The number of likely N-dealkylation sites (tertiary alicyclic amines) is 1. The zero-order valence-electron chi connectivity index (χ0n) is 17.2. The van der Waals surface area contributed by atoms with E-state index in [0.29, 0.717) is 35.7 Å². The summed E-state index contributed by atoms with van der Waals surface area (Å²) in [5.41, 5.74) is 3.41. The van der Waals surface area contributed by atoms with E-state index in [9.17, 15) is 9.18 Å². The van der Waals surface area contributed by atoms with Crippen molar-refractivity contribution >= 4 is 23.0 Å². The number of fused-ring (bicyclic) bond motifs is 2. The van der Waals surface area contributed by atoms with Gasteiger partial charge >= 0.3 is 0 Å². The van der Waals surface area contributed by atoms with Gasteiger partial charge in [-0.1, -0.05) is 30.3 Å². The van der Waals surface area contributed by atoms with Gasteiger partial charge in [0, 0.05) is 24.8 Å². The lowest BCUT2D eigenvalue weighted by molar-refractivity contribution is 0.0710. The molecule has 2 aromatic heterocycles. The van der Waals surface area contributed by atoms with Crippen molar-refractivity contribution in [2.45, 2.75) is 12.5 Å². The molecule has 2 aromatic carbocycles. The second kappa shape index (κ2) is 7.44. The molecule has 1 saturated carbocycles. The number of aromatic nitrogens is 2. The molecule has 2 aliphatic rings. The average Bonchev–Trinajstić information content (AvgIpc) is 3.31. The molecule has 1 aliphatic carbocycles. The molecule has 6 rings (SSSR count). The maximum Gasteiger partial charge on any atom is 0.295 e. The normalized spacial score (nSPS) is 21.5. The van der Waals surface area contributed by atoms with Gasteiger partial charge < -0.3 is 14.6 Å². The van der Waals surface area contributed by atoms with E-state index in [2.05, 4.69) is 15.3 Å². The molecule has 0 bridgehead atoms. The molecule has 160 valence electrons. The Hall–Kier alpha value is -3.74. The van der Waals surface area contributed by atoms with E-state index in [1.165, 1.54) is 12.1 Å². The summed E-state index contributed by atoms with van der Waals surface area (Å²) in [5.74, 6) is 0.609. The predicted octanol–water partition coefficient (Wildman–Crippen LogP) is 4.60. The van der Waals surface area contributed by atoms with Gasteiger partial charge in [-0.05, 0) is 54.2 Å². The quantitative estimate of drug-likeness (QED) is 0.503. The molecule has 2 fully saturated rings. The number of pyridine rings is 1. The lowest BCUT2D eigenvalue weighted by Gasteiger charge is -2.28. The number of hydrogen-bond acceptors (Lipinski definition) is 5. The molecule has 0 spiro atoms. The molecule has 3 atom stereocenters. The van der Waals surface area contributed by atoms with E-state index in [0.717, 1.165) is 29.6 Å². The lowest BCUT2D eigenvalue weighted by atomic mass is 10.0. The Morgan fingerprint density at radius 3 is 2.81 bits per heavy atom. The van der Waals surface area contributed by atoms with Gasteiger partial charge in [-0.25, -0.2) is 4.39 Å². The minimum atomic E-state index is -0.310. The zero-order valence-corrected chi connectivity index (χ0v) is 17.2. The number of rotatable bonds is 5. The summed E-state index contributed by atoms with van der Waals surface area (Å²) >= 11 is 0. The van der Waals surface area contributed by atoms with Crippen LogP contribution >= 0.6 is 0 Å². The van der Waals surface area contributed by atoms with Crippen LogP contribution < -0.4 is 5.32 Å². The van der Waals surface area contributed by atoms with Crippen molar-refractivity contribution in [3.8, 4) is 11.1 Å². The Kier molecular flexibility index (Phi) is 4.41. The van der Waals surface area contributed by atoms with Gasteiger partial charge in [0.25, 0.3) is 11.9 Å². The van der Waals surface area contributed by atoms with E-state index in [1.807, 2.05) is 35.2 Å². The van der Waals surface area contributed by atoms with Crippen LogP contribution in [0.4, 0.5) is 10.4 Å². The topological polar surface area (TPSA) is 71.3 Å². The molecular weight excluding hydrogens is 407 g/mol. The molecule has 0 radical (unpaired) electrons. The Bertz CT molecular complexity index is 1270. The fraction of sp³-hybridized carbons (Fsp3) is 0.240. The number of carbonyl (C=O) groups is 1. The van der Waals surface area contributed by atoms with E-state index in [1.54, 1.807) is 24.4 Å². The van der Waals surface area contributed by atoms with E-state index in [-0.39, 0.29) is 17.8 Å². The van der Waals surface area contributed by atoms with Crippen molar-refractivity contribution < 1.29 is 13.6 Å². The second-order valence-electron chi connectivity index (χ2n) is 8.46. The largest absolute Gasteiger partial charge is 0.424 e. The van der Waals surface area contributed by atoms with Gasteiger partial charge in [0.2, 0.25) is 0 Å². The Morgan fingerprint density at radius 2 is 1.97 bits per heavy atom. The number of piperidine rings is 1. The first-order valence-electron chi connectivity index (χ1n) is 10.8. The highest BCUT2D eigenvalue weighted by Gasteiger charge is 2.54. The second-order valence-corrected chi connectivity index (χ2v) is 8.46. The smallest absolute Gasteiger partial charge is 0.295 e. The number of halogens is 1. The molecule has 1 amide bonds. The fourth-order valence-electron chi connectivity index (χ4n) is 4.78. The summed E-state index contributed by atoms with van der Waals surface area (Å²) < 4.78 is 19.2. The molecule has 4 aromatic rings. The molecule has 3 unspecified atom stereocenters. The number of nitrogens with one attached hydrogen (secondary N) is 1. The molecule has 3 heterocycles. The number of benzene rings is 2. The number of hydrogen-bond donors (Lipinski definition) is 1. The number of nitrogens with zero attached hydrogens (tertiary/aromatic N) is 3. The van der Waals surface area contributed by atoms with Gasteiger partial charge in [0.05, 0.1) is 6.04 Å². The molecule has 1 N–H and O–H groups in total. The predicted molar refractivity (Wildman–Crippen MR) is 119 cm³/mol. The summed E-state index contributed by atoms with van der Waals surface area (Å²) in [6.45, 7) is 1.29. The summed E-state index contributed by atoms with van der Waals surface area (Å²) in [5, 5.41) is 3.29. The zero-order chi connectivity index (χ0) is 21.7. The number of amides is 1. The van der Waals surface area contributed by atoms with Gasteiger partial charge in [0.1, 0.15) is 17.0 Å².